The lowest BCUT2D eigenvalue weighted by Crippen LogP contribution is -2.11. The van der Waals surface area contributed by atoms with Gasteiger partial charge in [-0.05, 0) is 30.0 Å². The Hall–Kier alpha value is -0.940. The quantitative estimate of drug-likeness (QED) is 0.825. The zero-order valence-corrected chi connectivity index (χ0v) is 10.8. The maximum absolute atomic E-state index is 13.8. The van der Waals surface area contributed by atoms with Gasteiger partial charge in [0, 0.05) is 11.8 Å². The Morgan fingerprint density at radius 3 is 2.94 bits per heavy atom. The monoisotopic (exact) mass is 301 g/mol. The molecule has 5 heteroatoms. The lowest BCUT2D eigenvalue weighted by atomic mass is 10.0. The fraction of sp³-hybridized carbons (Fsp3) is 0.417. The van der Waals surface area contributed by atoms with Crippen LogP contribution in [0.4, 0.5) is 10.1 Å². The van der Waals surface area contributed by atoms with Crippen LogP contribution in [0.2, 0.25) is 0 Å². The molecule has 0 bridgehead atoms. The van der Waals surface area contributed by atoms with Crippen LogP contribution in [-0.2, 0) is 11.2 Å². The van der Waals surface area contributed by atoms with Crippen LogP contribution < -0.4 is 5.32 Å². The number of hydrogen-bond donors (Lipinski definition) is 2. The number of amides is 1. The number of aliphatic hydroxyl groups excluding tert-OH is 1. The van der Waals surface area contributed by atoms with Gasteiger partial charge in [-0.1, -0.05) is 22.0 Å². The maximum atomic E-state index is 13.8. The average Bonchev–Trinajstić information content (AvgIpc) is 2.49. The minimum Gasteiger partial charge on any atom is -0.388 e. The number of hydrogen-bond acceptors (Lipinski definition) is 2. The second-order valence-electron chi connectivity index (χ2n) is 4.11. The van der Waals surface area contributed by atoms with Crippen molar-refractivity contribution < 1.29 is 14.3 Å². The zero-order chi connectivity index (χ0) is 12.4. The van der Waals surface area contributed by atoms with Crippen LogP contribution in [0.1, 0.15) is 30.1 Å². The third-order valence-electron chi connectivity index (χ3n) is 2.84. The topological polar surface area (TPSA) is 49.3 Å². The summed E-state index contributed by atoms with van der Waals surface area (Å²) < 4.78 is 13.8. The van der Waals surface area contributed by atoms with Gasteiger partial charge in [-0.3, -0.25) is 4.79 Å². The second-order valence-corrected chi connectivity index (χ2v) is 4.76. The Morgan fingerprint density at radius 2 is 2.24 bits per heavy atom. The Morgan fingerprint density at radius 1 is 1.47 bits per heavy atom. The van der Waals surface area contributed by atoms with E-state index in [4.69, 9.17) is 0 Å². The molecule has 0 radical (unpaired) electrons. The minimum absolute atomic E-state index is 0.156. The van der Waals surface area contributed by atoms with Gasteiger partial charge in [-0.15, -0.1) is 0 Å². The SMILES string of the molecule is O=C1CCCc2cc(C(O)CBr)cc(F)c2N1. The fourth-order valence-electron chi connectivity index (χ4n) is 1.95. The van der Waals surface area contributed by atoms with Crippen molar-refractivity contribution in [2.75, 3.05) is 10.6 Å². The third kappa shape index (κ3) is 2.66. The van der Waals surface area contributed by atoms with Crippen molar-refractivity contribution in [1.29, 1.82) is 0 Å². The molecular weight excluding hydrogens is 289 g/mol. The van der Waals surface area contributed by atoms with Crippen molar-refractivity contribution in [2.45, 2.75) is 25.4 Å². The summed E-state index contributed by atoms with van der Waals surface area (Å²) in [6, 6.07) is 3.03. The number of nitrogens with one attached hydrogen (secondary N) is 1. The summed E-state index contributed by atoms with van der Waals surface area (Å²) in [4.78, 5) is 11.3. The van der Waals surface area contributed by atoms with Gasteiger partial charge in [-0.25, -0.2) is 4.39 Å². The van der Waals surface area contributed by atoms with Crippen LogP contribution in [0.25, 0.3) is 0 Å². The predicted octanol–water partition coefficient (Wildman–Crippen LogP) is 2.53. The summed E-state index contributed by atoms with van der Waals surface area (Å²) in [6.45, 7) is 0. The summed E-state index contributed by atoms with van der Waals surface area (Å²) in [5.74, 6) is -0.635. The summed E-state index contributed by atoms with van der Waals surface area (Å²) >= 11 is 3.15. The molecule has 1 aromatic rings. The van der Waals surface area contributed by atoms with Crippen LogP contribution in [0.5, 0.6) is 0 Å². The average molecular weight is 302 g/mol. The van der Waals surface area contributed by atoms with Crippen molar-refractivity contribution >= 4 is 27.5 Å². The van der Waals surface area contributed by atoms with E-state index in [1.165, 1.54) is 6.07 Å². The third-order valence-corrected chi connectivity index (χ3v) is 3.45. The number of carbonyl (C=O) groups excluding carboxylic acids is 1. The Kier molecular flexibility index (Phi) is 3.79. The highest BCUT2D eigenvalue weighted by molar-refractivity contribution is 9.09. The van der Waals surface area contributed by atoms with E-state index in [2.05, 4.69) is 21.2 Å². The number of aliphatic hydroxyl groups is 1. The first-order valence-corrected chi connectivity index (χ1v) is 6.60. The molecule has 1 aliphatic rings. The summed E-state index contributed by atoms with van der Waals surface area (Å²) in [6.07, 6.45) is 1.03. The number of rotatable bonds is 2. The first-order chi connectivity index (χ1) is 8.11. The van der Waals surface area contributed by atoms with Gasteiger partial charge >= 0.3 is 0 Å². The summed E-state index contributed by atoms with van der Waals surface area (Å²) in [5.41, 5.74) is 1.55. The highest BCUT2D eigenvalue weighted by atomic mass is 79.9. The molecule has 0 aromatic heterocycles. The van der Waals surface area contributed by atoms with Gasteiger partial charge in [0.25, 0.3) is 0 Å². The molecule has 0 saturated carbocycles. The van der Waals surface area contributed by atoms with Crippen molar-refractivity contribution in [2.24, 2.45) is 0 Å². The van der Waals surface area contributed by atoms with Crippen LogP contribution in [0.3, 0.4) is 0 Å². The lowest BCUT2D eigenvalue weighted by Gasteiger charge is -2.13. The van der Waals surface area contributed by atoms with E-state index in [1.54, 1.807) is 6.07 Å². The van der Waals surface area contributed by atoms with E-state index >= 15 is 0 Å². The van der Waals surface area contributed by atoms with E-state index < -0.39 is 11.9 Å². The Bertz CT molecular complexity index is 450. The highest BCUT2D eigenvalue weighted by Crippen LogP contribution is 2.29. The van der Waals surface area contributed by atoms with E-state index in [1.807, 2.05) is 0 Å². The molecule has 1 amide bonds. The molecule has 1 aliphatic heterocycles. The number of carbonyl (C=O) groups is 1. The van der Waals surface area contributed by atoms with Gasteiger partial charge in [-0.2, -0.15) is 0 Å². The molecule has 0 spiro atoms. The summed E-state index contributed by atoms with van der Waals surface area (Å²) in [5, 5.41) is 12.6. The van der Waals surface area contributed by atoms with E-state index in [-0.39, 0.29) is 11.6 Å². The zero-order valence-electron chi connectivity index (χ0n) is 9.17. The predicted molar refractivity (Wildman–Crippen MR) is 66.7 cm³/mol. The van der Waals surface area contributed by atoms with Crippen LogP contribution >= 0.6 is 15.9 Å². The van der Waals surface area contributed by atoms with E-state index in [0.29, 0.717) is 30.2 Å². The molecule has 1 aromatic carbocycles. The van der Waals surface area contributed by atoms with Crippen LogP contribution in [-0.4, -0.2) is 16.3 Å². The van der Waals surface area contributed by atoms with Crippen molar-refractivity contribution in [3.05, 3.63) is 29.1 Å². The van der Waals surface area contributed by atoms with Crippen molar-refractivity contribution in [3.63, 3.8) is 0 Å². The molecular formula is C12H13BrFNO2. The Balaban J connectivity index is 2.43. The molecule has 0 fully saturated rings. The van der Waals surface area contributed by atoms with Crippen molar-refractivity contribution in [1.82, 2.24) is 0 Å². The first kappa shape index (κ1) is 12.5. The normalized spacial score (nSPS) is 17.0. The van der Waals surface area contributed by atoms with Gasteiger partial charge in [0.1, 0.15) is 5.82 Å². The van der Waals surface area contributed by atoms with Crippen LogP contribution in [0, 0.1) is 5.82 Å². The number of benzene rings is 1. The number of aryl methyl sites for hydroxylation is 1. The molecule has 1 unspecified atom stereocenters. The second kappa shape index (κ2) is 5.14. The lowest BCUT2D eigenvalue weighted by molar-refractivity contribution is -0.116. The van der Waals surface area contributed by atoms with E-state index in [9.17, 15) is 14.3 Å². The van der Waals surface area contributed by atoms with Gasteiger partial charge in [0.15, 0.2) is 0 Å². The molecule has 1 heterocycles. The number of alkyl halides is 1. The number of anilines is 1. The largest absolute Gasteiger partial charge is 0.388 e. The fourth-order valence-corrected chi connectivity index (χ4v) is 2.32. The molecule has 0 aliphatic carbocycles. The van der Waals surface area contributed by atoms with Gasteiger partial charge < -0.3 is 10.4 Å². The molecule has 3 nitrogen and oxygen atoms in total. The van der Waals surface area contributed by atoms with Gasteiger partial charge in [0.05, 0.1) is 11.8 Å². The Labute approximate surface area is 107 Å². The number of fused-ring (bicyclic) bond motifs is 1. The first-order valence-electron chi connectivity index (χ1n) is 5.48. The summed E-state index contributed by atoms with van der Waals surface area (Å²) in [7, 11) is 0. The van der Waals surface area contributed by atoms with Crippen LogP contribution in [0.15, 0.2) is 12.1 Å². The number of halogens is 2. The highest BCUT2D eigenvalue weighted by Gasteiger charge is 2.19. The molecule has 92 valence electrons. The molecule has 2 rings (SSSR count). The van der Waals surface area contributed by atoms with Gasteiger partial charge in [0.2, 0.25) is 5.91 Å². The molecule has 17 heavy (non-hydrogen) atoms. The molecule has 1 atom stereocenters. The van der Waals surface area contributed by atoms with E-state index in [0.717, 1.165) is 5.56 Å². The smallest absolute Gasteiger partial charge is 0.224 e. The standard InChI is InChI=1S/C12H13BrFNO2/c13-6-10(16)8-4-7-2-1-3-11(17)15-12(7)9(14)5-8/h4-5,10,16H,1-3,6H2,(H,15,17). The van der Waals surface area contributed by atoms with Crippen molar-refractivity contribution in [3.8, 4) is 0 Å². The molecule has 0 saturated heterocycles. The minimum atomic E-state index is -0.728. The molecule has 2 N–H and O–H groups in total. The maximum Gasteiger partial charge on any atom is 0.224 e.